The smallest absolute Gasteiger partial charge is 0.394 e. The van der Waals surface area contributed by atoms with Crippen molar-refractivity contribution in [3.63, 3.8) is 0 Å². The molecule has 354 valence electrons. The molecule has 0 saturated carbocycles. The first-order chi connectivity index (χ1) is 28.9. The van der Waals surface area contributed by atoms with Gasteiger partial charge in [-0.15, -0.1) is 0 Å². The van der Waals surface area contributed by atoms with Crippen molar-refractivity contribution in [3.8, 4) is 0 Å². The van der Waals surface area contributed by atoms with Crippen LogP contribution in [0.3, 0.4) is 0 Å². The summed E-state index contributed by atoms with van der Waals surface area (Å²) in [6.07, 6.45) is 29.7. The van der Waals surface area contributed by atoms with Gasteiger partial charge in [-0.3, -0.25) is 9.35 Å². The number of amides is 1. The third-order valence-electron chi connectivity index (χ3n) is 11.3. The monoisotopic (exact) mass is 878 g/mol. The van der Waals surface area contributed by atoms with Crippen molar-refractivity contribution in [2.24, 2.45) is 0 Å². The van der Waals surface area contributed by atoms with Gasteiger partial charge >= 0.3 is 10.4 Å². The van der Waals surface area contributed by atoms with Crippen molar-refractivity contribution in [2.75, 3.05) is 13.2 Å². The maximum Gasteiger partial charge on any atom is 0.397 e. The van der Waals surface area contributed by atoms with Crippen LogP contribution in [0.25, 0.3) is 0 Å². The highest BCUT2D eigenvalue weighted by molar-refractivity contribution is 7.80. The highest BCUT2D eigenvalue weighted by Crippen LogP contribution is 2.26. The minimum atomic E-state index is -5.12. The van der Waals surface area contributed by atoms with E-state index in [0.29, 0.717) is 12.8 Å². The summed E-state index contributed by atoms with van der Waals surface area (Å²) in [4.78, 5) is 13.1. The first kappa shape index (κ1) is 56.6. The molecule has 1 fully saturated rings. The Morgan fingerprint density at radius 2 is 1.10 bits per heavy atom. The second-order valence-corrected chi connectivity index (χ2v) is 17.9. The molecular formula is C46H87NO12S. The van der Waals surface area contributed by atoms with Gasteiger partial charge in [-0.05, 0) is 44.9 Å². The van der Waals surface area contributed by atoms with Crippen LogP contribution >= 0.6 is 0 Å². The predicted octanol–water partition coefficient (Wildman–Crippen LogP) is 8.30. The number of nitrogens with one attached hydrogen (secondary N) is 1. The maximum absolute atomic E-state index is 13.1. The van der Waals surface area contributed by atoms with Gasteiger partial charge in [0.15, 0.2) is 6.29 Å². The van der Waals surface area contributed by atoms with Crippen molar-refractivity contribution < 1.29 is 57.0 Å². The fourth-order valence-electron chi connectivity index (χ4n) is 7.51. The number of ether oxygens (including phenoxy) is 2. The third kappa shape index (κ3) is 29.0. The maximum atomic E-state index is 13.1. The number of hydrogen-bond donors (Lipinski definition) is 7. The number of carbonyl (C=O) groups is 1. The van der Waals surface area contributed by atoms with E-state index in [1.54, 1.807) is 0 Å². The van der Waals surface area contributed by atoms with Crippen molar-refractivity contribution in [2.45, 2.75) is 249 Å². The van der Waals surface area contributed by atoms with E-state index in [4.69, 9.17) is 9.47 Å². The van der Waals surface area contributed by atoms with Gasteiger partial charge < -0.3 is 40.3 Å². The molecule has 0 aromatic rings. The Labute approximate surface area is 364 Å². The van der Waals surface area contributed by atoms with Crippen molar-refractivity contribution in [1.29, 1.82) is 0 Å². The highest BCUT2D eigenvalue weighted by Gasteiger charge is 2.48. The van der Waals surface area contributed by atoms with E-state index < -0.39 is 78.5 Å². The fraction of sp³-hybridized carbons (Fsp3) is 0.891. The Morgan fingerprint density at radius 3 is 1.55 bits per heavy atom. The van der Waals surface area contributed by atoms with Gasteiger partial charge in [-0.2, -0.15) is 8.42 Å². The third-order valence-corrected chi connectivity index (χ3v) is 11.8. The van der Waals surface area contributed by atoms with Gasteiger partial charge in [0.2, 0.25) is 5.91 Å². The molecule has 13 nitrogen and oxygen atoms in total. The normalized spacial score (nSPS) is 21.5. The summed E-state index contributed by atoms with van der Waals surface area (Å²) in [6, 6.07) is -1.12. The zero-order valence-electron chi connectivity index (χ0n) is 37.4. The Kier molecular flexibility index (Phi) is 34.8. The van der Waals surface area contributed by atoms with E-state index in [1.807, 2.05) is 6.08 Å². The van der Waals surface area contributed by atoms with Gasteiger partial charge in [-0.1, -0.05) is 179 Å². The lowest BCUT2D eigenvalue weighted by molar-refractivity contribution is -0.298. The predicted molar refractivity (Wildman–Crippen MR) is 238 cm³/mol. The second-order valence-electron chi connectivity index (χ2n) is 16.8. The average Bonchev–Trinajstić information content (AvgIpc) is 3.22. The van der Waals surface area contributed by atoms with Crippen LogP contribution < -0.4 is 5.32 Å². The lowest BCUT2D eigenvalue weighted by Gasteiger charge is -2.41. The SMILES string of the molecule is CCCCCCCCCC/C=C\CCCCCCCCC(O)C(=O)NC(COC1OC(CO)C(O)C(OS(=O)(=O)O)C1O)C(O)/C=C/CCCCCCCCCCCCC. The van der Waals surface area contributed by atoms with Crippen LogP contribution in [0, 0.1) is 0 Å². The molecule has 0 aliphatic carbocycles. The standard InChI is InChI=1S/C46H87NO12S/c1-3-5-7-9-11-13-15-17-18-19-20-21-23-25-27-29-31-33-35-40(50)45(53)47-38(39(49)34-32-30-28-26-24-22-16-14-12-10-8-6-4-2)37-57-46-43(52)44(59-60(54,55)56)42(51)41(36-48)58-46/h19-20,32,34,38-44,46,48-52H,3-18,21-31,33,35-37H2,1-2H3,(H,47,53)(H,54,55,56)/b20-19-,34-32+. The largest absolute Gasteiger partial charge is 0.397 e. The molecule has 0 spiro atoms. The molecule has 60 heavy (non-hydrogen) atoms. The van der Waals surface area contributed by atoms with E-state index in [0.717, 1.165) is 64.2 Å². The Balaban J connectivity index is 2.56. The van der Waals surface area contributed by atoms with Crippen molar-refractivity contribution in [1.82, 2.24) is 5.32 Å². The molecule has 0 radical (unpaired) electrons. The van der Waals surface area contributed by atoms with Gasteiger partial charge in [0.25, 0.3) is 0 Å². The van der Waals surface area contributed by atoms with E-state index in [9.17, 15) is 43.3 Å². The zero-order chi connectivity index (χ0) is 44.3. The summed E-state index contributed by atoms with van der Waals surface area (Å²) in [5.41, 5.74) is 0. The van der Waals surface area contributed by atoms with Gasteiger partial charge in [-0.25, -0.2) is 4.18 Å². The number of unbranched alkanes of at least 4 members (excludes halogenated alkanes) is 25. The van der Waals surface area contributed by atoms with Crippen LogP contribution in [0.1, 0.15) is 200 Å². The number of aliphatic hydroxyl groups is 5. The van der Waals surface area contributed by atoms with Crippen LogP contribution in [0.4, 0.5) is 0 Å². The molecule has 8 atom stereocenters. The number of aliphatic hydroxyl groups excluding tert-OH is 5. The molecule has 0 bridgehead atoms. The quantitative estimate of drug-likeness (QED) is 0.0176. The number of carbonyl (C=O) groups excluding carboxylic acids is 1. The van der Waals surface area contributed by atoms with Gasteiger partial charge in [0.1, 0.15) is 30.5 Å². The van der Waals surface area contributed by atoms with E-state index in [2.05, 4.69) is 35.5 Å². The molecule has 7 N–H and O–H groups in total. The summed E-state index contributed by atoms with van der Waals surface area (Å²) in [6.45, 7) is 3.21. The van der Waals surface area contributed by atoms with Crippen molar-refractivity contribution in [3.05, 3.63) is 24.3 Å². The molecule has 1 aliphatic rings. The highest BCUT2D eigenvalue weighted by atomic mass is 32.3. The van der Waals surface area contributed by atoms with E-state index in [1.165, 1.54) is 109 Å². The fourth-order valence-corrected chi connectivity index (χ4v) is 8.02. The van der Waals surface area contributed by atoms with Crippen LogP contribution in [0.5, 0.6) is 0 Å². The first-order valence-electron chi connectivity index (χ1n) is 23.8. The van der Waals surface area contributed by atoms with Crippen LogP contribution in [-0.2, 0) is 28.9 Å². The lowest BCUT2D eigenvalue weighted by atomic mass is 9.99. The van der Waals surface area contributed by atoms with Crippen LogP contribution in [0.15, 0.2) is 24.3 Å². The second kappa shape index (κ2) is 37.0. The van der Waals surface area contributed by atoms with E-state index >= 15 is 0 Å². The first-order valence-corrected chi connectivity index (χ1v) is 25.2. The van der Waals surface area contributed by atoms with Crippen LogP contribution in [-0.4, -0.2) is 107 Å². The Bertz CT molecular complexity index is 1190. The summed E-state index contributed by atoms with van der Waals surface area (Å²) in [7, 11) is -5.12. The van der Waals surface area contributed by atoms with E-state index in [-0.39, 0.29) is 6.42 Å². The van der Waals surface area contributed by atoms with Gasteiger partial charge in [0.05, 0.1) is 25.4 Å². The molecule has 1 saturated heterocycles. The topological polar surface area (TPSA) is 212 Å². The number of allylic oxidation sites excluding steroid dienone is 3. The Morgan fingerprint density at radius 1 is 0.667 bits per heavy atom. The number of hydrogen-bond acceptors (Lipinski definition) is 11. The Hall–Kier alpha value is -1.46. The molecule has 0 aromatic heterocycles. The molecule has 14 heteroatoms. The summed E-state index contributed by atoms with van der Waals surface area (Å²) >= 11 is 0. The van der Waals surface area contributed by atoms with Gasteiger partial charge in [0, 0.05) is 0 Å². The summed E-state index contributed by atoms with van der Waals surface area (Å²) in [5, 5.41) is 55.2. The molecule has 1 aliphatic heterocycles. The molecule has 8 unspecified atom stereocenters. The molecule has 0 aromatic carbocycles. The zero-order valence-corrected chi connectivity index (χ0v) is 38.2. The molecule has 1 heterocycles. The molecule has 1 rings (SSSR count). The molecule has 1 amide bonds. The number of rotatable bonds is 40. The lowest BCUT2D eigenvalue weighted by Crippen LogP contribution is -2.61. The minimum absolute atomic E-state index is 0.237. The molecular weight excluding hydrogens is 791 g/mol. The summed E-state index contributed by atoms with van der Waals surface area (Å²) in [5.74, 6) is -0.707. The average molecular weight is 878 g/mol. The van der Waals surface area contributed by atoms with Crippen molar-refractivity contribution >= 4 is 16.3 Å². The summed E-state index contributed by atoms with van der Waals surface area (Å²) < 4.78 is 47.5. The van der Waals surface area contributed by atoms with Crippen LogP contribution in [0.2, 0.25) is 0 Å². The minimum Gasteiger partial charge on any atom is -0.394 e.